The molecular formula is C16H19BN2O3S. The molecule has 3 rings (SSSR count). The van der Waals surface area contributed by atoms with Crippen molar-refractivity contribution in [2.45, 2.75) is 45.8 Å². The fourth-order valence-electron chi connectivity index (χ4n) is 2.29. The van der Waals surface area contributed by atoms with E-state index in [-0.39, 0.29) is 5.78 Å². The molecule has 0 bridgehead atoms. The van der Waals surface area contributed by atoms with Crippen LogP contribution in [0, 0.1) is 6.92 Å². The van der Waals surface area contributed by atoms with Crippen molar-refractivity contribution in [3.8, 4) is 0 Å². The molecule has 0 amide bonds. The molecule has 0 aliphatic carbocycles. The van der Waals surface area contributed by atoms with Gasteiger partial charge in [-0.25, -0.2) is 4.98 Å². The van der Waals surface area contributed by atoms with Crippen molar-refractivity contribution in [1.29, 1.82) is 0 Å². The van der Waals surface area contributed by atoms with Crippen LogP contribution in [0.1, 0.15) is 48.8 Å². The lowest BCUT2D eigenvalue weighted by Gasteiger charge is -2.32. The van der Waals surface area contributed by atoms with Gasteiger partial charge in [0, 0.05) is 23.7 Å². The van der Waals surface area contributed by atoms with Gasteiger partial charge >= 0.3 is 7.12 Å². The van der Waals surface area contributed by atoms with Crippen LogP contribution in [-0.4, -0.2) is 34.1 Å². The third-order valence-electron chi connectivity index (χ3n) is 4.42. The van der Waals surface area contributed by atoms with Gasteiger partial charge in [0.05, 0.1) is 16.0 Å². The number of carbonyl (C=O) groups is 1. The highest BCUT2D eigenvalue weighted by atomic mass is 32.1. The number of rotatable bonds is 3. The highest BCUT2D eigenvalue weighted by Crippen LogP contribution is 2.37. The summed E-state index contributed by atoms with van der Waals surface area (Å²) in [5, 5.41) is 0.431. The normalized spacial score (nSPS) is 19.1. The molecule has 0 radical (unpaired) electrons. The van der Waals surface area contributed by atoms with Crippen LogP contribution < -0.4 is 4.78 Å². The summed E-state index contributed by atoms with van der Waals surface area (Å²) in [6.45, 7) is 9.89. The monoisotopic (exact) mass is 330 g/mol. The number of hydrogen-bond donors (Lipinski definition) is 0. The maximum atomic E-state index is 12.5. The number of pyridine rings is 1. The van der Waals surface area contributed by atoms with E-state index in [0.717, 1.165) is 10.5 Å². The van der Waals surface area contributed by atoms with E-state index < -0.39 is 18.3 Å². The molecule has 2 aromatic heterocycles. The Morgan fingerprint density at radius 2 is 1.87 bits per heavy atom. The first-order valence-electron chi connectivity index (χ1n) is 7.49. The number of carbonyl (C=O) groups excluding carboxylic acids is 1. The lowest BCUT2D eigenvalue weighted by atomic mass is 9.86. The molecule has 2 aromatic rings. The van der Waals surface area contributed by atoms with E-state index in [1.807, 2.05) is 34.6 Å². The fraction of sp³-hybridized carbons (Fsp3) is 0.438. The van der Waals surface area contributed by atoms with E-state index in [0.29, 0.717) is 10.6 Å². The molecule has 0 unspecified atom stereocenters. The minimum atomic E-state index is -0.493. The van der Waals surface area contributed by atoms with Crippen molar-refractivity contribution >= 4 is 29.0 Å². The van der Waals surface area contributed by atoms with E-state index >= 15 is 0 Å². The Labute approximate surface area is 140 Å². The van der Waals surface area contributed by atoms with Crippen molar-refractivity contribution < 1.29 is 14.1 Å². The Bertz CT molecular complexity index is 727. The highest BCUT2D eigenvalue weighted by molar-refractivity contribution is 7.23. The molecule has 0 atom stereocenters. The molecule has 0 aromatic carbocycles. The summed E-state index contributed by atoms with van der Waals surface area (Å²) in [4.78, 5) is 20.9. The van der Waals surface area contributed by atoms with Crippen LogP contribution in [0.15, 0.2) is 24.5 Å². The van der Waals surface area contributed by atoms with Gasteiger partial charge in [-0.3, -0.25) is 9.78 Å². The summed E-state index contributed by atoms with van der Waals surface area (Å²) in [7, 11) is -0.493. The van der Waals surface area contributed by atoms with Gasteiger partial charge in [-0.05, 0) is 46.8 Å². The van der Waals surface area contributed by atoms with Crippen molar-refractivity contribution in [3.63, 3.8) is 0 Å². The minimum absolute atomic E-state index is 0.131. The Morgan fingerprint density at radius 3 is 2.43 bits per heavy atom. The second-order valence-electron chi connectivity index (χ2n) is 6.63. The molecule has 0 spiro atoms. The Kier molecular flexibility index (Phi) is 3.90. The molecule has 0 N–H and O–H groups in total. The number of ketones is 1. The second-order valence-corrected chi connectivity index (χ2v) is 7.66. The average molecular weight is 330 g/mol. The van der Waals surface area contributed by atoms with Crippen LogP contribution in [0.4, 0.5) is 0 Å². The SMILES string of the molecule is Cc1nc(C(=O)c2cccnc2)sc1B1OC(C)(C)C(C)(C)O1. The zero-order chi connectivity index (χ0) is 16.8. The maximum Gasteiger partial charge on any atom is 0.507 e. The zero-order valence-electron chi connectivity index (χ0n) is 13.9. The van der Waals surface area contributed by atoms with Crippen LogP contribution in [0.25, 0.3) is 0 Å². The molecule has 1 fully saturated rings. The first-order valence-corrected chi connectivity index (χ1v) is 8.30. The molecule has 120 valence electrons. The number of thiazole rings is 1. The smallest absolute Gasteiger partial charge is 0.399 e. The van der Waals surface area contributed by atoms with Crippen molar-refractivity contribution in [1.82, 2.24) is 9.97 Å². The van der Waals surface area contributed by atoms with Crippen molar-refractivity contribution in [2.75, 3.05) is 0 Å². The average Bonchev–Trinajstić information content (AvgIpc) is 2.97. The second kappa shape index (κ2) is 5.51. The maximum absolute atomic E-state index is 12.5. The Hall–Kier alpha value is -1.57. The topological polar surface area (TPSA) is 61.3 Å². The molecule has 23 heavy (non-hydrogen) atoms. The summed E-state index contributed by atoms with van der Waals surface area (Å²) >= 11 is 1.32. The van der Waals surface area contributed by atoms with E-state index in [2.05, 4.69) is 9.97 Å². The number of hydrogen-bond acceptors (Lipinski definition) is 6. The van der Waals surface area contributed by atoms with Crippen LogP contribution in [0.2, 0.25) is 0 Å². The number of aromatic nitrogens is 2. The first-order chi connectivity index (χ1) is 10.7. The molecule has 7 heteroatoms. The summed E-state index contributed by atoms with van der Waals surface area (Å²) < 4.78 is 13.0. The van der Waals surface area contributed by atoms with Gasteiger partial charge in [0.1, 0.15) is 0 Å². The van der Waals surface area contributed by atoms with Crippen molar-refractivity contribution in [3.05, 3.63) is 40.8 Å². The molecular weight excluding hydrogens is 311 g/mol. The molecule has 5 nitrogen and oxygen atoms in total. The molecule has 1 aliphatic rings. The third-order valence-corrected chi connectivity index (χ3v) is 5.60. The quantitative estimate of drug-likeness (QED) is 0.639. The first kappa shape index (κ1) is 16.3. The van der Waals surface area contributed by atoms with Gasteiger partial charge in [0.15, 0.2) is 5.01 Å². The molecule has 1 aliphatic heterocycles. The van der Waals surface area contributed by atoms with E-state index in [4.69, 9.17) is 9.31 Å². The summed E-state index contributed by atoms with van der Waals surface area (Å²) in [6, 6.07) is 3.48. The lowest BCUT2D eigenvalue weighted by molar-refractivity contribution is 0.00578. The van der Waals surface area contributed by atoms with E-state index in [1.54, 1.807) is 24.5 Å². The van der Waals surface area contributed by atoms with Crippen LogP contribution >= 0.6 is 11.3 Å². The fourth-order valence-corrected chi connectivity index (χ4v) is 3.28. The minimum Gasteiger partial charge on any atom is -0.399 e. The number of aryl methyl sites for hydroxylation is 1. The standard InChI is InChI=1S/C16H19BN2O3S/c1-10-13(17-21-15(2,3)16(4,5)22-17)23-14(19-10)12(20)11-7-6-8-18-9-11/h6-9H,1-5H3. The van der Waals surface area contributed by atoms with Gasteiger partial charge in [0.25, 0.3) is 0 Å². The van der Waals surface area contributed by atoms with Crippen LogP contribution in [0.5, 0.6) is 0 Å². The van der Waals surface area contributed by atoms with Gasteiger partial charge in [-0.15, -0.1) is 11.3 Å². The van der Waals surface area contributed by atoms with Gasteiger partial charge in [0.2, 0.25) is 5.78 Å². The van der Waals surface area contributed by atoms with Gasteiger partial charge in [-0.2, -0.15) is 0 Å². The largest absolute Gasteiger partial charge is 0.507 e. The summed E-state index contributed by atoms with van der Waals surface area (Å²) in [5.74, 6) is -0.131. The lowest BCUT2D eigenvalue weighted by Crippen LogP contribution is -2.41. The predicted molar refractivity (Wildman–Crippen MR) is 90.2 cm³/mol. The summed E-state index contributed by atoms with van der Waals surface area (Å²) in [5.41, 5.74) is 0.464. The van der Waals surface area contributed by atoms with E-state index in [1.165, 1.54) is 11.3 Å². The predicted octanol–water partition coefficient (Wildman–Crippen LogP) is 2.38. The molecule has 0 saturated carbocycles. The van der Waals surface area contributed by atoms with Crippen LogP contribution in [0.3, 0.4) is 0 Å². The van der Waals surface area contributed by atoms with Crippen LogP contribution in [-0.2, 0) is 9.31 Å². The molecule has 3 heterocycles. The van der Waals surface area contributed by atoms with E-state index in [9.17, 15) is 4.79 Å². The Morgan fingerprint density at radius 1 is 1.22 bits per heavy atom. The zero-order valence-corrected chi connectivity index (χ0v) is 14.7. The highest BCUT2D eigenvalue weighted by Gasteiger charge is 2.53. The van der Waals surface area contributed by atoms with Crippen molar-refractivity contribution in [2.24, 2.45) is 0 Å². The Balaban J connectivity index is 1.90. The number of nitrogens with zero attached hydrogens (tertiary/aromatic N) is 2. The van der Waals surface area contributed by atoms with Gasteiger partial charge < -0.3 is 9.31 Å². The summed E-state index contributed by atoms with van der Waals surface area (Å²) in [6.07, 6.45) is 3.19. The molecule has 1 saturated heterocycles. The third kappa shape index (κ3) is 2.84. The van der Waals surface area contributed by atoms with Gasteiger partial charge in [-0.1, -0.05) is 0 Å².